The van der Waals surface area contributed by atoms with E-state index in [9.17, 15) is 5.11 Å². The van der Waals surface area contributed by atoms with Crippen molar-refractivity contribution < 1.29 is 9.84 Å². The summed E-state index contributed by atoms with van der Waals surface area (Å²) >= 11 is 0. The molecule has 0 fully saturated rings. The largest absolute Gasteiger partial charge is 0.504 e. The van der Waals surface area contributed by atoms with Gasteiger partial charge in [0.15, 0.2) is 11.5 Å². The molecule has 1 atom stereocenters. The predicted molar refractivity (Wildman–Crippen MR) is 111 cm³/mol. The smallest absolute Gasteiger partial charge is 0.160 e. The Kier molecular flexibility index (Phi) is 11.2. The minimum absolute atomic E-state index is 0.200. The third-order valence-electron chi connectivity index (χ3n) is 4.34. The Labute approximate surface area is 159 Å². The molecule has 0 aliphatic heterocycles. The first-order valence-electron chi connectivity index (χ1n) is 9.82. The van der Waals surface area contributed by atoms with E-state index in [-0.39, 0.29) is 5.75 Å². The summed E-state index contributed by atoms with van der Waals surface area (Å²) in [5.74, 6) is 0.750. The lowest BCUT2D eigenvalue weighted by atomic mass is 10.0. The van der Waals surface area contributed by atoms with Gasteiger partial charge in [-0.25, -0.2) is 0 Å². The van der Waals surface area contributed by atoms with E-state index in [4.69, 9.17) is 4.74 Å². The van der Waals surface area contributed by atoms with Gasteiger partial charge in [0.05, 0.1) is 7.11 Å². The van der Waals surface area contributed by atoms with Crippen LogP contribution in [0.5, 0.6) is 11.5 Å². The molecule has 0 radical (unpaired) electrons. The fourth-order valence-corrected chi connectivity index (χ4v) is 2.81. The summed E-state index contributed by atoms with van der Waals surface area (Å²) in [4.78, 5) is 0. The number of rotatable bonds is 10. The van der Waals surface area contributed by atoms with Crippen molar-refractivity contribution in [3.05, 3.63) is 59.7 Å². The molecule has 3 heteroatoms. The molecule has 144 valence electrons. The average molecular weight is 358 g/mol. The van der Waals surface area contributed by atoms with Crippen LogP contribution in [0.1, 0.15) is 51.2 Å². The molecule has 2 N–H and O–H groups in total. The highest BCUT2D eigenvalue weighted by atomic mass is 16.5. The Morgan fingerprint density at radius 3 is 2.38 bits per heavy atom. The minimum Gasteiger partial charge on any atom is -0.504 e. The van der Waals surface area contributed by atoms with Crippen molar-refractivity contribution in [3.63, 3.8) is 0 Å². The molecule has 0 saturated heterocycles. The molecule has 2 aromatic carbocycles. The van der Waals surface area contributed by atoms with E-state index in [0.29, 0.717) is 11.8 Å². The topological polar surface area (TPSA) is 41.5 Å². The van der Waals surface area contributed by atoms with E-state index in [2.05, 4.69) is 42.6 Å². The number of aromatic hydroxyl groups is 1. The number of benzene rings is 2. The highest BCUT2D eigenvalue weighted by Gasteiger charge is 2.05. The molecular formula is C23H35NO2. The number of nitrogens with one attached hydrogen (secondary N) is 1. The quantitative estimate of drug-likeness (QED) is 0.562. The van der Waals surface area contributed by atoms with Crippen LogP contribution >= 0.6 is 0 Å². The Balaban J connectivity index is 0.00000163. The molecule has 0 saturated carbocycles. The zero-order chi connectivity index (χ0) is 19.2. The molecule has 0 amide bonds. The van der Waals surface area contributed by atoms with Crippen LogP contribution in [0.2, 0.25) is 0 Å². The SMILES string of the molecule is CC.COc1cc(CCC(C)NCCCCc2ccccc2)ccc1O. The standard InChI is InChI=1S/C21H29NO2.C2H6/c1-17(11-12-19-13-14-20(23)21(16-19)24-2)22-15-7-6-10-18-8-4-3-5-9-18;1-2/h3-5,8-9,13-14,16-17,22-23H,6-7,10-12,15H2,1-2H3;1-2H3. The van der Waals surface area contributed by atoms with Crippen LogP contribution < -0.4 is 10.1 Å². The number of methoxy groups -OCH3 is 1. The Morgan fingerprint density at radius 1 is 0.962 bits per heavy atom. The van der Waals surface area contributed by atoms with Crippen LogP contribution in [0, 0.1) is 0 Å². The Morgan fingerprint density at radius 2 is 1.69 bits per heavy atom. The van der Waals surface area contributed by atoms with Gasteiger partial charge in [0.2, 0.25) is 0 Å². The van der Waals surface area contributed by atoms with Gasteiger partial charge in [0, 0.05) is 6.04 Å². The van der Waals surface area contributed by atoms with Crippen molar-refractivity contribution in [1.29, 1.82) is 0 Å². The van der Waals surface area contributed by atoms with Crippen molar-refractivity contribution in [2.75, 3.05) is 13.7 Å². The van der Waals surface area contributed by atoms with Gasteiger partial charge in [0.1, 0.15) is 0 Å². The van der Waals surface area contributed by atoms with Gasteiger partial charge >= 0.3 is 0 Å². The monoisotopic (exact) mass is 357 g/mol. The molecule has 0 spiro atoms. The summed E-state index contributed by atoms with van der Waals surface area (Å²) in [5, 5.41) is 13.2. The van der Waals surface area contributed by atoms with Crippen molar-refractivity contribution in [1.82, 2.24) is 5.32 Å². The molecule has 0 heterocycles. The molecule has 2 rings (SSSR count). The van der Waals surface area contributed by atoms with Crippen molar-refractivity contribution in [3.8, 4) is 11.5 Å². The summed E-state index contributed by atoms with van der Waals surface area (Å²) in [6.07, 6.45) is 5.64. The molecule has 3 nitrogen and oxygen atoms in total. The summed E-state index contributed by atoms with van der Waals surface area (Å²) in [6.45, 7) is 7.29. The molecule has 26 heavy (non-hydrogen) atoms. The van der Waals surface area contributed by atoms with Crippen LogP contribution in [-0.2, 0) is 12.8 Å². The van der Waals surface area contributed by atoms with Gasteiger partial charge in [-0.15, -0.1) is 0 Å². The number of ether oxygens (including phenoxy) is 1. The second-order valence-corrected chi connectivity index (χ2v) is 6.34. The molecule has 2 aromatic rings. The van der Waals surface area contributed by atoms with Crippen LogP contribution in [0.4, 0.5) is 0 Å². The lowest BCUT2D eigenvalue weighted by Gasteiger charge is -2.14. The van der Waals surface area contributed by atoms with Gasteiger partial charge in [0.25, 0.3) is 0 Å². The summed E-state index contributed by atoms with van der Waals surface area (Å²) in [7, 11) is 1.58. The number of aryl methyl sites for hydroxylation is 2. The van der Waals surface area contributed by atoms with Crippen LogP contribution in [-0.4, -0.2) is 24.8 Å². The normalized spacial score (nSPS) is 11.4. The number of hydrogen-bond acceptors (Lipinski definition) is 3. The van der Waals surface area contributed by atoms with Crippen molar-refractivity contribution in [2.24, 2.45) is 0 Å². The highest BCUT2D eigenvalue weighted by molar-refractivity contribution is 5.41. The lowest BCUT2D eigenvalue weighted by Crippen LogP contribution is -2.27. The number of unbranched alkanes of at least 4 members (excludes halogenated alkanes) is 1. The zero-order valence-electron chi connectivity index (χ0n) is 16.8. The average Bonchev–Trinajstić information content (AvgIpc) is 2.69. The third kappa shape index (κ3) is 8.39. The first kappa shape index (κ1) is 22.0. The maximum absolute atomic E-state index is 9.62. The second-order valence-electron chi connectivity index (χ2n) is 6.34. The van der Waals surface area contributed by atoms with Gasteiger partial charge in [-0.3, -0.25) is 0 Å². The molecule has 1 unspecified atom stereocenters. The third-order valence-corrected chi connectivity index (χ3v) is 4.34. The Hall–Kier alpha value is -2.00. The number of hydrogen-bond donors (Lipinski definition) is 2. The molecule has 0 bridgehead atoms. The zero-order valence-corrected chi connectivity index (χ0v) is 16.8. The van der Waals surface area contributed by atoms with Gasteiger partial charge in [-0.1, -0.05) is 50.2 Å². The Bertz CT molecular complexity index is 598. The minimum atomic E-state index is 0.200. The maximum atomic E-state index is 9.62. The van der Waals surface area contributed by atoms with Crippen LogP contribution in [0.3, 0.4) is 0 Å². The predicted octanol–water partition coefficient (Wildman–Crippen LogP) is 5.36. The fourth-order valence-electron chi connectivity index (χ4n) is 2.81. The fraction of sp³-hybridized carbons (Fsp3) is 0.478. The van der Waals surface area contributed by atoms with Crippen molar-refractivity contribution in [2.45, 2.75) is 58.9 Å². The van der Waals surface area contributed by atoms with E-state index in [1.165, 1.54) is 24.0 Å². The first-order valence-corrected chi connectivity index (χ1v) is 9.82. The van der Waals surface area contributed by atoms with E-state index < -0.39 is 0 Å². The van der Waals surface area contributed by atoms with Crippen LogP contribution in [0.25, 0.3) is 0 Å². The van der Waals surface area contributed by atoms with E-state index in [0.717, 1.165) is 25.8 Å². The first-order chi connectivity index (χ1) is 12.7. The van der Waals surface area contributed by atoms with Gasteiger partial charge in [-0.05, 0) is 68.8 Å². The molecule has 0 aromatic heterocycles. The van der Waals surface area contributed by atoms with E-state index in [1.54, 1.807) is 13.2 Å². The lowest BCUT2D eigenvalue weighted by molar-refractivity contribution is 0.372. The molecular weight excluding hydrogens is 322 g/mol. The maximum Gasteiger partial charge on any atom is 0.160 e. The summed E-state index contributed by atoms with van der Waals surface area (Å²) in [5.41, 5.74) is 2.62. The van der Waals surface area contributed by atoms with Crippen LogP contribution in [0.15, 0.2) is 48.5 Å². The van der Waals surface area contributed by atoms with Gasteiger partial charge < -0.3 is 15.2 Å². The number of phenols is 1. The molecule has 0 aliphatic carbocycles. The summed E-state index contributed by atoms with van der Waals surface area (Å²) < 4.78 is 5.16. The van der Waals surface area contributed by atoms with Crippen molar-refractivity contribution >= 4 is 0 Å². The second kappa shape index (κ2) is 13.2. The van der Waals surface area contributed by atoms with E-state index in [1.807, 2.05) is 26.0 Å². The number of phenolic OH excluding ortho intramolecular Hbond substituents is 1. The molecule has 0 aliphatic rings. The van der Waals surface area contributed by atoms with E-state index >= 15 is 0 Å². The highest BCUT2D eigenvalue weighted by Crippen LogP contribution is 2.26. The van der Waals surface area contributed by atoms with Gasteiger partial charge in [-0.2, -0.15) is 0 Å². The summed E-state index contributed by atoms with van der Waals surface area (Å²) in [6, 6.07) is 16.7.